The number of aromatic nitrogens is 3. The van der Waals surface area contributed by atoms with Crippen molar-refractivity contribution >= 4 is 35.1 Å². The lowest BCUT2D eigenvalue weighted by molar-refractivity contribution is 0.102. The minimum atomic E-state index is -0.255. The minimum absolute atomic E-state index is 0.0883. The highest BCUT2D eigenvalue weighted by atomic mass is 16.1. The Hall–Kier alpha value is -3.84. The van der Waals surface area contributed by atoms with E-state index in [1.807, 2.05) is 58.3 Å². The molecule has 12 heteroatoms. The van der Waals surface area contributed by atoms with Gasteiger partial charge in [0, 0.05) is 56.0 Å². The zero-order valence-electron chi connectivity index (χ0n) is 21.2. The molecule has 1 amide bonds. The summed E-state index contributed by atoms with van der Waals surface area (Å²) in [6.07, 6.45) is 1.47. The second kappa shape index (κ2) is 11.3. The van der Waals surface area contributed by atoms with E-state index in [-0.39, 0.29) is 30.1 Å². The van der Waals surface area contributed by atoms with Crippen molar-refractivity contribution in [2.45, 2.75) is 37.0 Å². The van der Waals surface area contributed by atoms with Crippen molar-refractivity contribution in [3.05, 3.63) is 60.2 Å². The lowest BCUT2D eigenvalue weighted by Crippen LogP contribution is -2.54. The number of nitrogens with one attached hydrogen (secondary N) is 2. The molecule has 0 saturated carbocycles. The van der Waals surface area contributed by atoms with Crippen LogP contribution < -0.4 is 43.4 Å². The Morgan fingerprint density at radius 3 is 1.76 bits per heavy atom. The van der Waals surface area contributed by atoms with Gasteiger partial charge in [-0.2, -0.15) is 15.0 Å². The summed E-state index contributed by atoms with van der Waals surface area (Å²) < 4.78 is 0. The average Bonchev–Trinajstić information content (AvgIpc) is 2.88. The first kappa shape index (κ1) is 25.8. The lowest BCUT2D eigenvalue weighted by atomic mass is 10.0. The van der Waals surface area contributed by atoms with E-state index in [9.17, 15) is 4.79 Å². The Morgan fingerprint density at radius 2 is 1.21 bits per heavy atom. The Morgan fingerprint density at radius 1 is 0.711 bits per heavy atom. The molecule has 2 saturated heterocycles. The van der Waals surface area contributed by atoms with Gasteiger partial charge in [0.05, 0.1) is 11.3 Å². The Kier molecular flexibility index (Phi) is 7.65. The summed E-state index contributed by atoms with van der Waals surface area (Å²) in [5, 5.41) is 6.17. The monoisotopic (exact) mass is 517 g/mol. The fraction of sp³-hybridized carbons (Fsp3) is 0.385. The molecule has 0 bridgehead atoms. The van der Waals surface area contributed by atoms with Gasteiger partial charge < -0.3 is 43.4 Å². The van der Waals surface area contributed by atoms with E-state index >= 15 is 0 Å². The Balaban J connectivity index is 1.47. The molecule has 5 rings (SSSR count). The normalized spacial score (nSPS) is 23.7. The number of hydrogen-bond acceptors (Lipinski definition) is 11. The number of rotatable bonds is 6. The zero-order valence-corrected chi connectivity index (χ0v) is 21.2. The summed E-state index contributed by atoms with van der Waals surface area (Å²) in [4.78, 5) is 31.2. The molecule has 2 aromatic carbocycles. The van der Waals surface area contributed by atoms with Crippen molar-refractivity contribution < 1.29 is 4.79 Å². The van der Waals surface area contributed by atoms with E-state index in [1.54, 1.807) is 6.07 Å². The van der Waals surface area contributed by atoms with E-state index in [2.05, 4.69) is 10.6 Å². The first-order chi connectivity index (χ1) is 18.3. The largest absolute Gasteiger partial charge is 0.338 e. The molecule has 0 radical (unpaired) electrons. The molecule has 200 valence electrons. The number of nitrogens with zero attached hydrogens (tertiary/aromatic N) is 5. The third kappa shape index (κ3) is 6.17. The summed E-state index contributed by atoms with van der Waals surface area (Å²) in [6, 6.07) is 16.1. The van der Waals surface area contributed by atoms with E-state index in [0.717, 1.165) is 12.8 Å². The molecule has 1 aromatic heterocycles. The standard InChI is InChI=1S/C26H35N11O/c27-16-10-17(28)13-36(12-16)25-33-24(34-26(35-25)37-14-18(29)11-19(30)15-37)32-22-9-5-4-8-21(22)23(38)31-20-6-2-1-3-7-20/h1-9,16-19H,10-15,27-30H2,(H,31,38)(H,32,33,34,35)/t16-,17+,18-,19+. The van der Waals surface area contributed by atoms with Crippen molar-refractivity contribution in [2.75, 3.05) is 46.6 Å². The Labute approximate surface area is 221 Å². The van der Waals surface area contributed by atoms with Gasteiger partial charge in [0.25, 0.3) is 5.91 Å². The summed E-state index contributed by atoms with van der Waals surface area (Å²) in [5.74, 6) is 0.962. The fourth-order valence-corrected chi connectivity index (χ4v) is 5.01. The number of nitrogens with two attached hydrogens (primary N) is 4. The van der Waals surface area contributed by atoms with Gasteiger partial charge in [-0.15, -0.1) is 0 Å². The summed E-state index contributed by atoms with van der Waals surface area (Å²) >= 11 is 0. The van der Waals surface area contributed by atoms with Gasteiger partial charge >= 0.3 is 0 Å². The molecule has 0 spiro atoms. The number of carbonyl (C=O) groups is 1. The number of benzene rings is 2. The smallest absolute Gasteiger partial charge is 0.257 e. The van der Waals surface area contributed by atoms with Crippen LogP contribution in [0.25, 0.3) is 0 Å². The molecule has 2 fully saturated rings. The molecule has 38 heavy (non-hydrogen) atoms. The first-order valence-corrected chi connectivity index (χ1v) is 12.8. The van der Waals surface area contributed by atoms with Gasteiger partial charge in [0.1, 0.15) is 0 Å². The maximum Gasteiger partial charge on any atom is 0.257 e. The minimum Gasteiger partial charge on any atom is -0.338 e. The highest BCUT2D eigenvalue weighted by Crippen LogP contribution is 2.25. The van der Waals surface area contributed by atoms with Crippen LogP contribution in [-0.4, -0.2) is 71.2 Å². The van der Waals surface area contributed by atoms with Crippen LogP contribution >= 0.6 is 0 Å². The molecule has 12 nitrogen and oxygen atoms in total. The van der Waals surface area contributed by atoms with Crippen LogP contribution in [0.1, 0.15) is 23.2 Å². The van der Waals surface area contributed by atoms with Crippen LogP contribution in [0.3, 0.4) is 0 Å². The predicted molar refractivity (Wildman–Crippen MR) is 150 cm³/mol. The van der Waals surface area contributed by atoms with E-state index in [4.69, 9.17) is 37.9 Å². The maximum atomic E-state index is 13.1. The van der Waals surface area contributed by atoms with E-state index in [0.29, 0.717) is 61.0 Å². The molecular formula is C26H35N11O. The average molecular weight is 518 g/mol. The zero-order chi connectivity index (χ0) is 26.6. The van der Waals surface area contributed by atoms with Crippen LogP contribution in [0.2, 0.25) is 0 Å². The Bertz CT molecular complexity index is 1190. The van der Waals surface area contributed by atoms with Crippen molar-refractivity contribution in [2.24, 2.45) is 22.9 Å². The molecule has 0 aliphatic carbocycles. The van der Waals surface area contributed by atoms with E-state index in [1.165, 1.54) is 0 Å². The van der Waals surface area contributed by atoms with Crippen LogP contribution in [0.15, 0.2) is 54.6 Å². The van der Waals surface area contributed by atoms with Crippen molar-refractivity contribution in [1.82, 2.24) is 15.0 Å². The quantitative estimate of drug-likeness (QED) is 0.268. The van der Waals surface area contributed by atoms with Crippen molar-refractivity contribution in [3.63, 3.8) is 0 Å². The fourth-order valence-electron chi connectivity index (χ4n) is 5.01. The van der Waals surface area contributed by atoms with Gasteiger partial charge in [0.2, 0.25) is 17.8 Å². The molecule has 4 atom stereocenters. The van der Waals surface area contributed by atoms with Crippen LogP contribution in [0.5, 0.6) is 0 Å². The lowest BCUT2D eigenvalue weighted by Gasteiger charge is -2.37. The third-order valence-electron chi connectivity index (χ3n) is 6.66. The van der Waals surface area contributed by atoms with Gasteiger partial charge in [0.15, 0.2) is 0 Å². The molecule has 10 N–H and O–H groups in total. The molecule has 0 unspecified atom stereocenters. The number of para-hydroxylation sites is 2. The topological polar surface area (TPSA) is 190 Å². The van der Waals surface area contributed by atoms with Crippen molar-refractivity contribution in [3.8, 4) is 0 Å². The van der Waals surface area contributed by atoms with Gasteiger partial charge in [-0.1, -0.05) is 30.3 Å². The molecular weight excluding hydrogens is 482 g/mol. The van der Waals surface area contributed by atoms with Crippen LogP contribution in [-0.2, 0) is 0 Å². The number of anilines is 5. The second-order valence-electron chi connectivity index (χ2n) is 10.1. The van der Waals surface area contributed by atoms with Gasteiger partial charge in [-0.25, -0.2) is 0 Å². The summed E-state index contributed by atoms with van der Waals surface area (Å²) in [5.41, 5.74) is 26.7. The number of hydrogen-bond donors (Lipinski definition) is 6. The van der Waals surface area contributed by atoms with Crippen LogP contribution in [0.4, 0.5) is 29.2 Å². The predicted octanol–water partition coefficient (Wildman–Crippen LogP) is 0.597. The SMILES string of the molecule is N[C@@H]1C[C@H](N)CN(c2nc(Nc3ccccc3C(=O)Nc3ccccc3)nc(N3C[C@H](N)C[C@H](N)C3)n2)C1. The van der Waals surface area contributed by atoms with Gasteiger partial charge in [-0.05, 0) is 37.1 Å². The first-order valence-electron chi connectivity index (χ1n) is 12.8. The third-order valence-corrected chi connectivity index (χ3v) is 6.66. The molecule has 2 aliphatic rings. The van der Waals surface area contributed by atoms with Gasteiger partial charge in [-0.3, -0.25) is 4.79 Å². The second-order valence-corrected chi connectivity index (χ2v) is 10.1. The maximum absolute atomic E-state index is 13.1. The number of piperidine rings is 2. The van der Waals surface area contributed by atoms with Crippen LogP contribution in [0, 0.1) is 0 Å². The van der Waals surface area contributed by atoms with Crippen molar-refractivity contribution in [1.29, 1.82) is 0 Å². The summed E-state index contributed by atoms with van der Waals surface area (Å²) in [6.45, 7) is 2.30. The highest BCUT2D eigenvalue weighted by Gasteiger charge is 2.29. The molecule has 3 heterocycles. The molecule has 2 aliphatic heterocycles. The molecule has 3 aromatic rings. The van der Waals surface area contributed by atoms with E-state index < -0.39 is 0 Å². The summed E-state index contributed by atoms with van der Waals surface area (Å²) in [7, 11) is 0. The number of amides is 1. The number of carbonyl (C=O) groups excluding carboxylic acids is 1. The highest BCUT2D eigenvalue weighted by molar-refractivity contribution is 6.08.